The molecule has 2 amide bonds. The van der Waals surface area contributed by atoms with E-state index in [4.69, 9.17) is 23.2 Å². The molecule has 0 spiro atoms. The van der Waals surface area contributed by atoms with Crippen LogP contribution in [0.1, 0.15) is 33.4 Å². The molecule has 0 N–H and O–H groups in total. The molecule has 1 aliphatic heterocycles. The number of amides is 2. The minimum Gasteiger partial charge on any atom is -0.274 e. The topological polar surface area (TPSA) is 37.4 Å². The average Bonchev–Trinajstić information content (AvgIpc) is 3.05. The van der Waals surface area contributed by atoms with Gasteiger partial charge in [0, 0.05) is 0 Å². The molecule has 7 rings (SSSR count). The summed E-state index contributed by atoms with van der Waals surface area (Å²) in [5.41, 5.74) is 5.95. The van der Waals surface area contributed by atoms with Crippen molar-refractivity contribution in [2.75, 3.05) is 4.90 Å². The van der Waals surface area contributed by atoms with Gasteiger partial charge in [-0.3, -0.25) is 9.59 Å². The fourth-order valence-corrected chi connectivity index (χ4v) is 6.88. The summed E-state index contributed by atoms with van der Waals surface area (Å²) < 4.78 is 0. The first-order valence-corrected chi connectivity index (χ1v) is 11.1. The van der Waals surface area contributed by atoms with Gasteiger partial charge in [0.2, 0.25) is 11.8 Å². The Morgan fingerprint density at radius 2 is 1.10 bits per heavy atom. The molecule has 0 radical (unpaired) electrons. The van der Waals surface area contributed by atoms with E-state index in [1.807, 2.05) is 80.6 Å². The highest BCUT2D eigenvalue weighted by Gasteiger charge is 2.73. The van der Waals surface area contributed by atoms with E-state index in [1.165, 1.54) is 4.90 Å². The first kappa shape index (κ1) is 19.1. The number of anilines is 1. The number of hydrogen-bond acceptors (Lipinski definition) is 2. The Kier molecular flexibility index (Phi) is 3.69. The maximum Gasteiger partial charge on any atom is 0.240 e. The number of carbonyl (C=O) groups excluding carboxylic acids is 2. The Bertz CT molecular complexity index is 1190. The highest BCUT2D eigenvalue weighted by atomic mass is 35.5. The van der Waals surface area contributed by atoms with E-state index in [-0.39, 0.29) is 11.8 Å². The second kappa shape index (κ2) is 5.99. The van der Waals surface area contributed by atoms with Crippen LogP contribution in [0.4, 0.5) is 5.69 Å². The van der Waals surface area contributed by atoms with Crippen molar-refractivity contribution in [2.24, 2.45) is 11.8 Å². The highest BCUT2D eigenvalue weighted by Crippen LogP contribution is 2.69. The molecule has 4 aliphatic rings. The Hall–Kier alpha value is -2.62. The van der Waals surface area contributed by atoms with Crippen LogP contribution in [-0.4, -0.2) is 11.8 Å². The molecule has 1 heterocycles. The lowest BCUT2D eigenvalue weighted by atomic mass is 9.54. The third-order valence-corrected chi connectivity index (χ3v) is 8.62. The average molecular weight is 448 g/mol. The van der Waals surface area contributed by atoms with E-state index in [1.54, 1.807) is 0 Å². The monoisotopic (exact) mass is 447 g/mol. The van der Waals surface area contributed by atoms with E-state index in [0.717, 1.165) is 33.4 Å². The fraction of sp³-hybridized carbons (Fsp3) is 0.231. The second-order valence-electron chi connectivity index (χ2n) is 8.75. The van der Waals surface area contributed by atoms with Crippen molar-refractivity contribution in [3.63, 3.8) is 0 Å². The molecule has 0 saturated carbocycles. The Labute approximate surface area is 190 Å². The number of hydrogen-bond donors (Lipinski definition) is 0. The standard InChI is InChI=1S/C26H19Cl2NO2/c1-14-11-12-16(13-15(14)2)29-23(30)21-22(24(29)31)26(28)18-8-4-3-7-17(18)25(21,27)19-9-5-6-10-20(19)26/h3-13,21-22H,1-2H3/t21-,22-,25?,26?/m1/s1. The Morgan fingerprint density at radius 1 is 0.677 bits per heavy atom. The van der Waals surface area contributed by atoms with E-state index >= 15 is 0 Å². The van der Waals surface area contributed by atoms with Crippen LogP contribution in [0.15, 0.2) is 66.7 Å². The number of carbonyl (C=O) groups is 2. The van der Waals surface area contributed by atoms with Gasteiger partial charge >= 0.3 is 0 Å². The van der Waals surface area contributed by atoms with E-state index in [0.29, 0.717) is 5.69 Å². The summed E-state index contributed by atoms with van der Waals surface area (Å²) in [6.07, 6.45) is 0. The number of benzene rings is 3. The SMILES string of the molecule is Cc1ccc(N2C(=O)[C@H]3[C@H](C2=O)C2(Cl)c4ccccc4C3(Cl)c3ccccc32)cc1C. The maximum atomic E-state index is 13.9. The number of alkyl halides is 2. The molecule has 31 heavy (non-hydrogen) atoms. The summed E-state index contributed by atoms with van der Waals surface area (Å²) in [5, 5.41) is 0. The molecule has 3 aromatic rings. The molecule has 5 heteroatoms. The van der Waals surface area contributed by atoms with Gasteiger partial charge in [0.1, 0.15) is 9.75 Å². The van der Waals surface area contributed by atoms with Gasteiger partial charge in [-0.15, -0.1) is 23.2 Å². The minimum atomic E-state index is -1.14. The fourth-order valence-electron chi connectivity index (χ4n) is 5.79. The van der Waals surface area contributed by atoms with Crippen LogP contribution in [0.3, 0.4) is 0 Å². The smallest absolute Gasteiger partial charge is 0.240 e. The van der Waals surface area contributed by atoms with Gasteiger partial charge in [-0.25, -0.2) is 4.90 Å². The van der Waals surface area contributed by atoms with Gasteiger partial charge in [-0.2, -0.15) is 0 Å². The van der Waals surface area contributed by atoms with Crippen molar-refractivity contribution in [1.82, 2.24) is 0 Å². The lowest BCUT2D eigenvalue weighted by molar-refractivity contribution is -0.122. The zero-order chi connectivity index (χ0) is 21.7. The summed E-state index contributed by atoms with van der Waals surface area (Å²) >= 11 is 14.9. The van der Waals surface area contributed by atoms with Gasteiger partial charge in [-0.1, -0.05) is 54.6 Å². The summed E-state index contributed by atoms with van der Waals surface area (Å²) in [7, 11) is 0. The number of nitrogens with zero attached hydrogens (tertiary/aromatic N) is 1. The molecule has 0 unspecified atom stereocenters. The Balaban J connectivity index is 1.65. The zero-order valence-electron chi connectivity index (χ0n) is 17.0. The summed E-state index contributed by atoms with van der Waals surface area (Å²) in [6.45, 7) is 3.97. The van der Waals surface area contributed by atoms with Crippen LogP contribution in [0.5, 0.6) is 0 Å². The zero-order valence-corrected chi connectivity index (χ0v) is 18.5. The molecule has 0 aromatic heterocycles. The number of rotatable bonds is 1. The second-order valence-corrected chi connectivity index (χ2v) is 9.94. The molecule has 3 nitrogen and oxygen atoms in total. The van der Waals surface area contributed by atoms with Crippen LogP contribution in [0.2, 0.25) is 0 Å². The van der Waals surface area contributed by atoms with Gasteiger partial charge in [0.25, 0.3) is 0 Å². The van der Waals surface area contributed by atoms with Crippen LogP contribution in [0.25, 0.3) is 0 Å². The lowest BCUT2D eigenvalue weighted by Gasteiger charge is -2.54. The predicted molar refractivity (Wildman–Crippen MR) is 122 cm³/mol. The normalized spacial score (nSPS) is 30.3. The van der Waals surface area contributed by atoms with Crippen molar-refractivity contribution in [1.29, 1.82) is 0 Å². The quantitative estimate of drug-likeness (QED) is 0.369. The summed E-state index contributed by atoms with van der Waals surface area (Å²) in [5.74, 6) is -2.12. The lowest BCUT2D eigenvalue weighted by Crippen LogP contribution is -2.57. The van der Waals surface area contributed by atoms with Crippen molar-refractivity contribution < 1.29 is 9.59 Å². The number of imide groups is 1. The van der Waals surface area contributed by atoms with Gasteiger partial charge in [-0.05, 0) is 59.4 Å². The molecule has 3 aromatic carbocycles. The van der Waals surface area contributed by atoms with Crippen LogP contribution in [0, 0.1) is 25.7 Å². The van der Waals surface area contributed by atoms with Crippen LogP contribution in [-0.2, 0) is 19.3 Å². The molecule has 1 saturated heterocycles. The first-order valence-electron chi connectivity index (χ1n) is 10.3. The first-order chi connectivity index (χ1) is 14.8. The molecule has 2 bridgehead atoms. The van der Waals surface area contributed by atoms with Crippen molar-refractivity contribution in [3.05, 3.63) is 100 Å². The van der Waals surface area contributed by atoms with E-state index in [2.05, 4.69) is 0 Å². The largest absolute Gasteiger partial charge is 0.274 e. The molecule has 2 atom stereocenters. The molecule has 154 valence electrons. The molecular weight excluding hydrogens is 429 g/mol. The summed E-state index contributed by atoms with van der Waals surface area (Å²) in [6, 6.07) is 21.0. The van der Waals surface area contributed by atoms with Crippen LogP contribution >= 0.6 is 23.2 Å². The van der Waals surface area contributed by atoms with E-state index < -0.39 is 21.6 Å². The third kappa shape index (κ3) is 2.07. The van der Waals surface area contributed by atoms with Gasteiger partial charge in [0.15, 0.2) is 0 Å². The highest BCUT2D eigenvalue weighted by molar-refractivity contribution is 6.38. The number of aryl methyl sites for hydroxylation is 2. The maximum absolute atomic E-state index is 13.9. The van der Waals surface area contributed by atoms with Crippen molar-refractivity contribution >= 4 is 40.7 Å². The van der Waals surface area contributed by atoms with Crippen LogP contribution < -0.4 is 4.90 Å². The Morgan fingerprint density at radius 3 is 1.48 bits per heavy atom. The van der Waals surface area contributed by atoms with Crippen molar-refractivity contribution in [3.8, 4) is 0 Å². The minimum absolute atomic E-state index is 0.290. The number of halogens is 2. The molecule has 1 fully saturated rings. The molecule has 3 aliphatic carbocycles. The summed E-state index contributed by atoms with van der Waals surface area (Å²) in [4.78, 5) is 26.7. The van der Waals surface area contributed by atoms with Crippen molar-refractivity contribution in [2.45, 2.75) is 23.6 Å². The third-order valence-electron chi connectivity index (χ3n) is 7.33. The predicted octanol–water partition coefficient (Wildman–Crippen LogP) is 5.40. The van der Waals surface area contributed by atoms with Gasteiger partial charge < -0.3 is 0 Å². The van der Waals surface area contributed by atoms with E-state index in [9.17, 15) is 9.59 Å². The molecular formula is C26H19Cl2NO2. The van der Waals surface area contributed by atoms with Gasteiger partial charge in [0.05, 0.1) is 17.5 Å².